The summed E-state index contributed by atoms with van der Waals surface area (Å²) in [7, 11) is 0. The van der Waals surface area contributed by atoms with E-state index in [4.69, 9.17) is 11.6 Å². The number of halogens is 1. The van der Waals surface area contributed by atoms with Crippen LogP contribution >= 0.6 is 11.6 Å². The van der Waals surface area contributed by atoms with Crippen LogP contribution in [0.1, 0.15) is 56.4 Å². The number of fused-ring (bicyclic) bond motifs is 1. The maximum atomic E-state index is 13.0. The van der Waals surface area contributed by atoms with Crippen LogP contribution in [0, 0.1) is 0 Å². The van der Waals surface area contributed by atoms with Crippen LogP contribution in [-0.2, 0) is 16.1 Å². The summed E-state index contributed by atoms with van der Waals surface area (Å²) < 4.78 is 0. The number of rotatable bonds is 3. The standard InChI is InChI=1S/C22H18ClN3O5/c1-22(9-8-17(27)24-21(22)31)26-11-14-3-2-13(10-16(14)20(26)30)19(29)25-18(28)12-4-6-15(23)7-5-12/h2-7,10H,8-9,11H2,1H3,(H,24,27,31)(H,25,28,29)/t22-/m0/s1. The van der Waals surface area contributed by atoms with Gasteiger partial charge in [-0.25, -0.2) is 0 Å². The molecule has 2 heterocycles. The van der Waals surface area contributed by atoms with Gasteiger partial charge < -0.3 is 4.90 Å². The second-order valence-corrected chi connectivity index (χ2v) is 8.14. The molecule has 2 aliphatic heterocycles. The third-order valence-electron chi connectivity index (χ3n) is 5.69. The minimum atomic E-state index is -1.16. The highest BCUT2D eigenvalue weighted by Gasteiger charge is 2.48. The lowest BCUT2D eigenvalue weighted by Crippen LogP contribution is -2.61. The van der Waals surface area contributed by atoms with Crippen molar-refractivity contribution in [1.82, 2.24) is 15.5 Å². The molecule has 158 valence electrons. The fourth-order valence-electron chi connectivity index (χ4n) is 3.74. The first-order valence-electron chi connectivity index (χ1n) is 9.59. The number of carbonyl (C=O) groups is 5. The first-order valence-corrected chi connectivity index (χ1v) is 9.97. The van der Waals surface area contributed by atoms with E-state index >= 15 is 0 Å². The molecule has 0 radical (unpaired) electrons. The third kappa shape index (κ3) is 3.70. The average molecular weight is 440 g/mol. The van der Waals surface area contributed by atoms with Crippen molar-refractivity contribution in [3.8, 4) is 0 Å². The molecule has 0 aromatic heterocycles. The number of nitrogens with one attached hydrogen (secondary N) is 2. The van der Waals surface area contributed by atoms with E-state index in [9.17, 15) is 24.0 Å². The zero-order chi connectivity index (χ0) is 22.3. The van der Waals surface area contributed by atoms with Gasteiger partial charge in [-0.2, -0.15) is 0 Å². The predicted octanol–water partition coefficient (Wildman–Crippen LogP) is 2.06. The van der Waals surface area contributed by atoms with Gasteiger partial charge in [0.25, 0.3) is 23.6 Å². The van der Waals surface area contributed by atoms with E-state index in [2.05, 4.69) is 10.6 Å². The number of piperidine rings is 1. The van der Waals surface area contributed by atoms with Crippen LogP contribution in [0.4, 0.5) is 0 Å². The lowest BCUT2D eigenvalue weighted by atomic mass is 9.89. The maximum absolute atomic E-state index is 13.0. The highest BCUT2D eigenvalue weighted by Crippen LogP contribution is 2.34. The number of hydrogen-bond acceptors (Lipinski definition) is 5. The average Bonchev–Trinajstić information content (AvgIpc) is 3.08. The molecule has 1 atom stereocenters. The fourth-order valence-corrected chi connectivity index (χ4v) is 3.87. The van der Waals surface area contributed by atoms with E-state index in [1.807, 2.05) is 0 Å². The van der Waals surface area contributed by atoms with Gasteiger partial charge in [-0.05, 0) is 55.3 Å². The van der Waals surface area contributed by atoms with Crippen molar-refractivity contribution >= 4 is 41.1 Å². The van der Waals surface area contributed by atoms with E-state index in [0.717, 1.165) is 0 Å². The van der Waals surface area contributed by atoms with Crippen LogP contribution in [0.3, 0.4) is 0 Å². The molecular weight excluding hydrogens is 422 g/mol. The lowest BCUT2D eigenvalue weighted by molar-refractivity contribution is -0.142. The summed E-state index contributed by atoms with van der Waals surface area (Å²) in [6.45, 7) is 1.81. The summed E-state index contributed by atoms with van der Waals surface area (Å²) in [4.78, 5) is 63.2. The van der Waals surface area contributed by atoms with Crippen LogP contribution in [0.15, 0.2) is 42.5 Å². The first kappa shape index (κ1) is 20.7. The zero-order valence-electron chi connectivity index (χ0n) is 16.5. The Morgan fingerprint density at radius 1 is 1.03 bits per heavy atom. The van der Waals surface area contributed by atoms with Crippen molar-refractivity contribution in [2.45, 2.75) is 31.8 Å². The molecule has 0 aliphatic carbocycles. The number of benzene rings is 2. The van der Waals surface area contributed by atoms with Gasteiger partial charge in [0, 0.05) is 34.7 Å². The van der Waals surface area contributed by atoms with Crippen molar-refractivity contribution in [3.63, 3.8) is 0 Å². The molecule has 31 heavy (non-hydrogen) atoms. The van der Waals surface area contributed by atoms with E-state index < -0.39 is 29.2 Å². The molecule has 0 spiro atoms. The Bertz CT molecular complexity index is 1140. The van der Waals surface area contributed by atoms with Crippen LogP contribution in [0.2, 0.25) is 5.02 Å². The topological polar surface area (TPSA) is 113 Å². The molecule has 0 unspecified atom stereocenters. The summed E-state index contributed by atoms with van der Waals surface area (Å²) in [5.74, 6) is -2.53. The van der Waals surface area contributed by atoms with E-state index in [1.54, 1.807) is 25.1 Å². The van der Waals surface area contributed by atoms with Crippen LogP contribution in [0.25, 0.3) is 0 Å². The number of amides is 5. The lowest BCUT2D eigenvalue weighted by Gasteiger charge is -2.39. The Labute approximate surface area is 182 Å². The van der Waals surface area contributed by atoms with Crippen molar-refractivity contribution in [3.05, 3.63) is 69.7 Å². The van der Waals surface area contributed by atoms with E-state index in [-0.39, 0.29) is 42.0 Å². The molecule has 9 heteroatoms. The summed E-state index contributed by atoms with van der Waals surface area (Å²) >= 11 is 5.80. The SMILES string of the molecule is C[C@]1(N2Cc3ccc(C(=O)NC(=O)c4ccc(Cl)cc4)cc3C2=O)CCC(=O)NC1=O. The number of nitrogens with zero attached hydrogens (tertiary/aromatic N) is 1. The van der Waals surface area contributed by atoms with Crippen molar-refractivity contribution in [2.75, 3.05) is 0 Å². The van der Waals surface area contributed by atoms with Gasteiger partial charge in [0.1, 0.15) is 5.54 Å². The highest BCUT2D eigenvalue weighted by atomic mass is 35.5. The summed E-state index contributed by atoms with van der Waals surface area (Å²) in [6, 6.07) is 10.6. The molecule has 1 fully saturated rings. The molecule has 2 N–H and O–H groups in total. The van der Waals surface area contributed by atoms with Gasteiger partial charge in [0.15, 0.2) is 0 Å². The smallest absolute Gasteiger partial charge is 0.258 e. The maximum Gasteiger partial charge on any atom is 0.258 e. The Morgan fingerprint density at radius 3 is 2.35 bits per heavy atom. The van der Waals surface area contributed by atoms with Crippen LogP contribution in [-0.4, -0.2) is 40.0 Å². The molecule has 4 rings (SSSR count). The van der Waals surface area contributed by atoms with Gasteiger partial charge in [-0.1, -0.05) is 17.7 Å². The molecule has 1 saturated heterocycles. The number of imide groups is 2. The van der Waals surface area contributed by atoms with Crippen molar-refractivity contribution < 1.29 is 24.0 Å². The van der Waals surface area contributed by atoms with Crippen LogP contribution in [0.5, 0.6) is 0 Å². The largest absolute Gasteiger partial charge is 0.320 e. The quantitative estimate of drug-likeness (QED) is 0.711. The second-order valence-electron chi connectivity index (χ2n) is 7.70. The number of carbonyl (C=O) groups excluding carboxylic acids is 5. The predicted molar refractivity (Wildman–Crippen MR) is 110 cm³/mol. The van der Waals surface area contributed by atoms with Gasteiger partial charge in [0.2, 0.25) is 5.91 Å². The van der Waals surface area contributed by atoms with Gasteiger partial charge >= 0.3 is 0 Å². The van der Waals surface area contributed by atoms with Crippen LogP contribution < -0.4 is 10.6 Å². The highest BCUT2D eigenvalue weighted by molar-refractivity contribution is 6.30. The number of hydrogen-bond donors (Lipinski definition) is 2. The molecule has 2 aromatic carbocycles. The Kier molecular flexibility index (Phi) is 5.10. The molecule has 2 aliphatic rings. The fraction of sp³-hybridized carbons (Fsp3) is 0.227. The van der Waals surface area contributed by atoms with Gasteiger partial charge in [-0.15, -0.1) is 0 Å². The normalized spacial score (nSPS) is 20.3. The van der Waals surface area contributed by atoms with E-state index in [1.165, 1.54) is 29.2 Å². The summed E-state index contributed by atoms with van der Waals surface area (Å²) in [6.07, 6.45) is 0.364. The molecule has 5 amide bonds. The van der Waals surface area contributed by atoms with Crippen molar-refractivity contribution in [1.29, 1.82) is 0 Å². The molecule has 0 bridgehead atoms. The minimum absolute atomic E-state index is 0.142. The molecule has 0 saturated carbocycles. The summed E-state index contributed by atoms with van der Waals surface area (Å²) in [5.41, 5.74) is 0.211. The van der Waals surface area contributed by atoms with Crippen molar-refractivity contribution in [2.24, 2.45) is 0 Å². The second kappa shape index (κ2) is 7.63. The molecule has 8 nitrogen and oxygen atoms in total. The summed E-state index contributed by atoms with van der Waals surface area (Å²) in [5, 5.41) is 5.03. The molecule has 2 aromatic rings. The van der Waals surface area contributed by atoms with E-state index in [0.29, 0.717) is 10.6 Å². The monoisotopic (exact) mass is 439 g/mol. The van der Waals surface area contributed by atoms with Gasteiger partial charge in [-0.3, -0.25) is 34.6 Å². The third-order valence-corrected chi connectivity index (χ3v) is 5.94. The Hall–Kier alpha value is -3.52. The Morgan fingerprint density at radius 2 is 1.68 bits per heavy atom. The first-order chi connectivity index (χ1) is 14.7. The minimum Gasteiger partial charge on any atom is -0.320 e. The zero-order valence-corrected chi connectivity index (χ0v) is 17.3. The molecular formula is C22H18ClN3O5. The van der Waals surface area contributed by atoms with Gasteiger partial charge in [0.05, 0.1) is 0 Å². The Balaban J connectivity index is 1.53.